The van der Waals surface area contributed by atoms with Gasteiger partial charge in [0.2, 0.25) is 5.91 Å². The van der Waals surface area contributed by atoms with Crippen molar-refractivity contribution in [3.05, 3.63) is 0 Å². The normalized spacial score (nSPS) is 11.3. The Hall–Kier alpha value is -0.460. The summed E-state index contributed by atoms with van der Waals surface area (Å²) in [7, 11) is 0. The van der Waals surface area contributed by atoms with Gasteiger partial charge in [0.05, 0.1) is 0 Å². The predicted octanol–water partition coefficient (Wildman–Crippen LogP) is -0.516. The molecule has 0 saturated carbocycles. The number of carbonyl (C=O) groups is 1. The van der Waals surface area contributed by atoms with E-state index >= 15 is 0 Å². The van der Waals surface area contributed by atoms with E-state index in [4.69, 9.17) is 0 Å². The summed E-state index contributed by atoms with van der Waals surface area (Å²) in [6, 6.07) is 0. The monoisotopic (exact) mass is 154 g/mol. The summed E-state index contributed by atoms with van der Waals surface area (Å²) in [5.74, 6) is -0.561. The van der Waals surface area contributed by atoms with Gasteiger partial charge >= 0.3 is 0 Å². The number of carbonyl (C=O) groups excluding carboxylic acids is 1. The standard InChI is InChI=1S/C2H5NO4S.CH4/c1-2(4)3-7-8(5)6;/h1H3,(H,3,4)(H,5,6);1H4/p-1. The lowest BCUT2D eigenvalue weighted by Gasteiger charge is -2.02. The molecule has 1 atom stereocenters. The molecule has 0 rings (SSSR count). The second kappa shape index (κ2) is 5.67. The van der Waals surface area contributed by atoms with Gasteiger partial charge in [-0.3, -0.25) is 4.79 Å². The Labute approximate surface area is 55.8 Å². The molecule has 0 bridgehead atoms. The minimum atomic E-state index is -2.67. The molecule has 0 fully saturated rings. The molecule has 1 unspecified atom stereocenters. The van der Waals surface area contributed by atoms with Crippen LogP contribution in [-0.4, -0.2) is 14.7 Å². The average Bonchev–Trinajstić information content (AvgIpc) is 1.61. The molecule has 56 valence electrons. The van der Waals surface area contributed by atoms with Crippen LogP contribution in [0, 0.1) is 0 Å². The molecule has 0 aliphatic rings. The summed E-state index contributed by atoms with van der Waals surface area (Å²) in [5, 5.41) is 0. The predicted molar refractivity (Wildman–Crippen MR) is 30.6 cm³/mol. The van der Waals surface area contributed by atoms with E-state index in [1.54, 1.807) is 5.48 Å². The van der Waals surface area contributed by atoms with Crippen LogP contribution in [0.3, 0.4) is 0 Å². The van der Waals surface area contributed by atoms with Crippen LogP contribution in [0.2, 0.25) is 0 Å². The van der Waals surface area contributed by atoms with Crippen LogP contribution in [-0.2, 0) is 20.4 Å². The second-order valence-corrected chi connectivity index (χ2v) is 1.52. The highest BCUT2D eigenvalue weighted by Gasteiger charge is 1.86. The van der Waals surface area contributed by atoms with Gasteiger partial charge in [-0.15, -0.1) is 0 Å². The lowest BCUT2D eigenvalue weighted by molar-refractivity contribution is -0.125. The van der Waals surface area contributed by atoms with Crippen LogP contribution in [0.5, 0.6) is 0 Å². The molecule has 0 aliphatic carbocycles. The van der Waals surface area contributed by atoms with Crippen LogP contribution in [0.25, 0.3) is 0 Å². The van der Waals surface area contributed by atoms with Gasteiger partial charge in [-0.1, -0.05) is 7.43 Å². The molecule has 0 radical (unpaired) electrons. The first-order chi connectivity index (χ1) is 3.63. The molecule has 1 amide bonds. The largest absolute Gasteiger partial charge is 0.748 e. The topological polar surface area (TPSA) is 78.5 Å². The lowest BCUT2D eigenvalue weighted by atomic mass is 10.8. The fourth-order valence-electron chi connectivity index (χ4n) is 0.0927. The van der Waals surface area contributed by atoms with E-state index in [0.29, 0.717) is 0 Å². The molecule has 0 heterocycles. The van der Waals surface area contributed by atoms with E-state index in [-0.39, 0.29) is 7.43 Å². The zero-order valence-corrected chi connectivity index (χ0v) is 4.86. The van der Waals surface area contributed by atoms with Crippen LogP contribution >= 0.6 is 0 Å². The lowest BCUT2D eigenvalue weighted by Crippen LogP contribution is -2.21. The number of nitrogens with one attached hydrogen (secondary N) is 1. The van der Waals surface area contributed by atoms with Gasteiger partial charge in [0, 0.05) is 6.92 Å². The van der Waals surface area contributed by atoms with Crippen LogP contribution in [0.15, 0.2) is 0 Å². The molecule has 0 spiro atoms. The van der Waals surface area contributed by atoms with Gasteiger partial charge < -0.3 is 4.55 Å². The quantitative estimate of drug-likeness (QED) is 0.429. The molecule has 0 aromatic heterocycles. The Balaban J connectivity index is 0. The minimum absolute atomic E-state index is 0. The molecule has 5 nitrogen and oxygen atoms in total. The molecule has 0 aromatic rings. The van der Waals surface area contributed by atoms with Crippen molar-refractivity contribution >= 4 is 17.3 Å². The molecule has 0 saturated heterocycles. The Morgan fingerprint density at radius 1 is 1.78 bits per heavy atom. The first kappa shape index (κ1) is 11.4. The fraction of sp³-hybridized carbons (Fsp3) is 0.667. The van der Waals surface area contributed by atoms with E-state index < -0.39 is 17.3 Å². The Morgan fingerprint density at radius 2 is 2.22 bits per heavy atom. The van der Waals surface area contributed by atoms with Crippen molar-refractivity contribution < 1.29 is 17.8 Å². The first-order valence-electron chi connectivity index (χ1n) is 1.66. The van der Waals surface area contributed by atoms with Crippen molar-refractivity contribution in [3.63, 3.8) is 0 Å². The van der Waals surface area contributed by atoms with Crippen LogP contribution < -0.4 is 5.48 Å². The molecule has 0 aliphatic heterocycles. The summed E-state index contributed by atoms with van der Waals surface area (Å²) in [6.45, 7) is 1.13. The minimum Gasteiger partial charge on any atom is -0.748 e. The maximum absolute atomic E-state index is 9.84. The molecule has 9 heavy (non-hydrogen) atoms. The third-order valence-corrected chi connectivity index (χ3v) is 0.473. The van der Waals surface area contributed by atoms with Gasteiger partial charge in [-0.25, -0.2) is 9.69 Å². The van der Waals surface area contributed by atoms with Crippen LogP contribution in [0.4, 0.5) is 0 Å². The Bertz CT molecular complexity index is 100. The van der Waals surface area contributed by atoms with Crippen molar-refractivity contribution in [2.45, 2.75) is 14.4 Å². The number of rotatable bonds is 2. The molecular formula is C3H8NO4S-. The van der Waals surface area contributed by atoms with E-state index in [1.165, 1.54) is 0 Å². The Morgan fingerprint density at radius 3 is 2.33 bits per heavy atom. The number of amides is 1. The van der Waals surface area contributed by atoms with Crippen molar-refractivity contribution in [3.8, 4) is 0 Å². The fourth-order valence-corrected chi connectivity index (χ4v) is 0.278. The smallest absolute Gasteiger partial charge is 0.241 e. The molecule has 0 aromatic carbocycles. The van der Waals surface area contributed by atoms with E-state index in [2.05, 4.69) is 4.28 Å². The van der Waals surface area contributed by atoms with Crippen LogP contribution in [0.1, 0.15) is 14.4 Å². The summed E-state index contributed by atoms with van der Waals surface area (Å²) in [6.07, 6.45) is 0. The number of hydrogen-bond acceptors (Lipinski definition) is 4. The van der Waals surface area contributed by atoms with Gasteiger partial charge in [0.15, 0.2) is 0 Å². The molecular weight excluding hydrogens is 146 g/mol. The van der Waals surface area contributed by atoms with E-state index in [1.807, 2.05) is 0 Å². The van der Waals surface area contributed by atoms with Gasteiger partial charge in [0.1, 0.15) is 11.4 Å². The van der Waals surface area contributed by atoms with E-state index in [9.17, 15) is 13.6 Å². The SMILES string of the molecule is C.CC(=O)NOS(=O)[O-]. The third-order valence-electron chi connectivity index (χ3n) is 0.253. The summed E-state index contributed by atoms with van der Waals surface area (Å²) in [5.41, 5.74) is 1.59. The highest BCUT2D eigenvalue weighted by atomic mass is 32.2. The first-order valence-corrected chi connectivity index (χ1v) is 2.66. The number of hydrogen-bond donors (Lipinski definition) is 1. The molecule has 1 N–H and O–H groups in total. The van der Waals surface area contributed by atoms with E-state index in [0.717, 1.165) is 6.92 Å². The second-order valence-electron chi connectivity index (χ2n) is 0.946. The average molecular weight is 154 g/mol. The highest BCUT2D eigenvalue weighted by Crippen LogP contribution is 1.69. The van der Waals surface area contributed by atoms with Gasteiger partial charge in [0.25, 0.3) is 0 Å². The third kappa shape index (κ3) is 11.2. The number of hydroxylamine groups is 1. The van der Waals surface area contributed by atoms with Crippen molar-refractivity contribution in [1.82, 2.24) is 5.48 Å². The summed E-state index contributed by atoms with van der Waals surface area (Å²) < 4.78 is 22.6. The molecule has 6 heteroatoms. The van der Waals surface area contributed by atoms with Crippen molar-refractivity contribution in [1.29, 1.82) is 0 Å². The highest BCUT2D eigenvalue weighted by molar-refractivity contribution is 7.74. The van der Waals surface area contributed by atoms with Crippen molar-refractivity contribution in [2.75, 3.05) is 0 Å². The maximum atomic E-state index is 9.84. The Kier molecular flexibility index (Phi) is 7.15. The van der Waals surface area contributed by atoms with Gasteiger partial charge in [-0.05, 0) is 0 Å². The maximum Gasteiger partial charge on any atom is 0.241 e. The summed E-state index contributed by atoms with van der Waals surface area (Å²) in [4.78, 5) is 9.84. The summed E-state index contributed by atoms with van der Waals surface area (Å²) >= 11 is -2.67. The zero-order valence-electron chi connectivity index (χ0n) is 4.04. The van der Waals surface area contributed by atoms with Crippen molar-refractivity contribution in [2.24, 2.45) is 0 Å². The zero-order chi connectivity index (χ0) is 6.57. The van der Waals surface area contributed by atoms with Gasteiger partial charge in [-0.2, -0.15) is 4.28 Å².